The number of carboxylic acid groups (broad SMARTS) is 1. The van der Waals surface area contributed by atoms with Gasteiger partial charge in [-0.15, -0.1) is 0 Å². The molecule has 70 valence electrons. The van der Waals surface area contributed by atoms with Crippen LogP contribution in [0.15, 0.2) is 6.07 Å². The zero-order valence-electron chi connectivity index (χ0n) is 7.19. The molecule has 0 amide bonds. The Morgan fingerprint density at radius 1 is 1.38 bits per heavy atom. The van der Waals surface area contributed by atoms with E-state index in [4.69, 9.17) is 28.3 Å². The van der Waals surface area contributed by atoms with Crippen molar-refractivity contribution < 1.29 is 9.90 Å². The lowest BCUT2D eigenvalue weighted by molar-refractivity contribution is 0.0696. The maximum atomic E-state index is 10.8. The zero-order valence-corrected chi connectivity index (χ0v) is 8.70. The van der Waals surface area contributed by atoms with E-state index in [0.29, 0.717) is 10.6 Å². The first kappa shape index (κ1) is 10.4. The van der Waals surface area contributed by atoms with E-state index in [9.17, 15) is 4.79 Å². The Balaban J connectivity index is 3.53. The van der Waals surface area contributed by atoms with E-state index in [1.54, 1.807) is 19.9 Å². The molecule has 0 aliphatic heterocycles. The third-order valence-corrected chi connectivity index (χ3v) is 2.73. The fraction of sp³-hybridized carbons (Fsp3) is 0.222. The summed E-state index contributed by atoms with van der Waals surface area (Å²) >= 11 is 11.6. The predicted octanol–water partition coefficient (Wildman–Crippen LogP) is 3.31. The van der Waals surface area contributed by atoms with Gasteiger partial charge in [-0.25, -0.2) is 4.79 Å². The molecule has 1 N–H and O–H groups in total. The summed E-state index contributed by atoms with van der Waals surface area (Å²) < 4.78 is 0. The van der Waals surface area contributed by atoms with E-state index in [2.05, 4.69) is 0 Å². The Morgan fingerprint density at radius 3 is 2.38 bits per heavy atom. The molecule has 0 radical (unpaired) electrons. The van der Waals surface area contributed by atoms with Crippen LogP contribution in [-0.4, -0.2) is 11.1 Å². The number of carbonyl (C=O) groups is 1. The summed E-state index contributed by atoms with van der Waals surface area (Å²) in [6.07, 6.45) is 0. The van der Waals surface area contributed by atoms with Gasteiger partial charge in [0.1, 0.15) is 0 Å². The second-order valence-corrected chi connectivity index (χ2v) is 3.58. The Morgan fingerprint density at radius 2 is 1.92 bits per heavy atom. The molecule has 1 aromatic carbocycles. The van der Waals surface area contributed by atoms with Crippen molar-refractivity contribution in [2.45, 2.75) is 13.8 Å². The number of hydrogen-bond donors (Lipinski definition) is 1. The molecule has 0 aliphatic carbocycles. The molecule has 13 heavy (non-hydrogen) atoms. The summed E-state index contributed by atoms with van der Waals surface area (Å²) in [6, 6.07) is 1.56. The lowest BCUT2D eigenvalue weighted by Crippen LogP contribution is -2.02. The summed E-state index contributed by atoms with van der Waals surface area (Å²) in [5, 5.41) is 9.51. The van der Waals surface area contributed by atoms with Gasteiger partial charge in [-0.2, -0.15) is 0 Å². The highest BCUT2D eigenvalue weighted by atomic mass is 35.5. The highest BCUT2D eigenvalue weighted by Gasteiger charge is 2.15. The van der Waals surface area contributed by atoms with Crippen LogP contribution in [0.25, 0.3) is 0 Å². The molecule has 0 aliphatic rings. The van der Waals surface area contributed by atoms with Crippen molar-refractivity contribution in [3.05, 3.63) is 32.8 Å². The molecular weight excluding hydrogens is 211 g/mol. The van der Waals surface area contributed by atoms with Crippen LogP contribution in [0.5, 0.6) is 0 Å². The maximum absolute atomic E-state index is 10.8. The van der Waals surface area contributed by atoms with Gasteiger partial charge in [0.15, 0.2) is 0 Å². The highest BCUT2D eigenvalue weighted by molar-refractivity contribution is 6.36. The van der Waals surface area contributed by atoms with Gasteiger partial charge in [0.2, 0.25) is 0 Å². The average molecular weight is 219 g/mol. The van der Waals surface area contributed by atoms with Crippen molar-refractivity contribution in [2.75, 3.05) is 0 Å². The minimum Gasteiger partial charge on any atom is -0.478 e. The largest absolute Gasteiger partial charge is 0.478 e. The summed E-state index contributed by atoms with van der Waals surface area (Å²) in [4.78, 5) is 10.8. The molecule has 0 fully saturated rings. The van der Waals surface area contributed by atoms with E-state index in [1.165, 1.54) is 0 Å². The number of halogens is 2. The summed E-state index contributed by atoms with van der Waals surface area (Å²) in [6.45, 7) is 3.43. The lowest BCUT2D eigenvalue weighted by Gasteiger charge is -2.08. The number of benzene rings is 1. The van der Waals surface area contributed by atoms with Gasteiger partial charge < -0.3 is 5.11 Å². The van der Waals surface area contributed by atoms with E-state index < -0.39 is 5.97 Å². The average Bonchev–Trinajstić information content (AvgIpc) is 1.99. The fourth-order valence-corrected chi connectivity index (χ4v) is 1.71. The highest BCUT2D eigenvalue weighted by Crippen LogP contribution is 2.29. The number of hydrogen-bond acceptors (Lipinski definition) is 1. The standard InChI is InChI=1S/C9H8Cl2O2/c1-4-3-6(10)7(9(12)13)5(2)8(4)11/h3H,1-2H3,(H,12,13). The third-order valence-electron chi connectivity index (χ3n) is 1.85. The number of carboxylic acids is 1. The van der Waals surface area contributed by atoms with E-state index in [-0.39, 0.29) is 10.6 Å². The first-order chi connectivity index (χ1) is 5.95. The molecule has 0 bridgehead atoms. The number of aryl methyl sites for hydroxylation is 1. The fourth-order valence-electron chi connectivity index (χ4n) is 1.17. The van der Waals surface area contributed by atoms with Crippen LogP contribution in [0.4, 0.5) is 0 Å². The maximum Gasteiger partial charge on any atom is 0.337 e. The second-order valence-electron chi connectivity index (χ2n) is 2.79. The minimum absolute atomic E-state index is 0.0808. The molecule has 0 saturated carbocycles. The topological polar surface area (TPSA) is 37.3 Å². The quantitative estimate of drug-likeness (QED) is 0.786. The van der Waals surface area contributed by atoms with Crippen LogP contribution < -0.4 is 0 Å². The molecule has 4 heteroatoms. The Hall–Kier alpha value is -0.730. The number of aromatic carboxylic acids is 1. The van der Waals surface area contributed by atoms with E-state index in [1.807, 2.05) is 0 Å². The molecule has 0 atom stereocenters. The van der Waals surface area contributed by atoms with Crippen molar-refractivity contribution in [3.8, 4) is 0 Å². The van der Waals surface area contributed by atoms with E-state index >= 15 is 0 Å². The van der Waals surface area contributed by atoms with E-state index in [0.717, 1.165) is 5.56 Å². The van der Waals surface area contributed by atoms with Gasteiger partial charge in [-0.1, -0.05) is 23.2 Å². The Labute approximate surface area is 86.1 Å². The van der Waals surface area contributed by atoms with Gasteiger partial charge in [0, 0.05) is 5.02 Å². The Bertz CT molecular complexity index is 372. The summed E-state index contributed by atoms with van der Waals surface area (Å²) in [5.74, 6) is -1.05. The molecule has 0 aromatic heterocycles. The zero-order chi connectivity index (χ0) is 10.2. The van der Waals surface area contributed by atoms with Crippen LogP contribution >= 0.6 is 23.2 Å². The molecular formula is C9H8Cl2O2. The van der Waals surface area contributed by atoms with Crippen molar-refractivity contribution >= 4 is 29.2 Å². The lowest BCUT2D eigenvalue weighted by atomic mass is 10.1. The normalized spacial score (nSPS) is 10.2. The smallest absolute Gasteiger partial charge is 0.337 e. The predicted molar refractivity (Wildman–Crippen MR) is 52.9 cm³/mol. The van der Waals surface area contributed by atoms with Crippen molar-refractivity contribution in [2.24, 2.45) is 0 Å². The van der Waals surface area contributed by atoms with Crippen molar-refractivity contribution in [1.29, 1.82) is 0 Å². The summed E-state index contributed by atoms with van der Waals surface area (Å²) in [5.41, 5.74) is 1.38. The van der Waals surface area contributed by atoms with Crippen LogP contribution in [0.2, 0.25) is 10.0 Å². The van der Waals surface area contributed by atoms with Crippen molar-refractivity contribution in [3.63, 3.8) is 0 Å². The molecule has 0 unspecified atom stereocenters. The molecule has 0 saturated heterocycles. The van der Waals surface area contributed by atoms with Gasteiger partial charge in [0.05, 0.1) is 10.6 Å². The van der Waals surface area contributed by atoms with Gasteiger partial charge in [0.25, 0.3) is 0 Å². The molecule has 0 spiro atoms. The summed E-state index contributed by atoms with van der Waals surface area (Å²) in [7, 11) is 0. The minimum atomic E-state index is -1.05. The second kappa shape index (κ2) is 3.56. The first-order valence-corrected chi connectivity index (χ1v) is 4.39. The van der Waals surface area contributed by atoms with Crippen LogP contribution in [-0.2, 0) is 0 Å². The first-order valence-electron chi connectivity index (χ1n) is 3.63. The molecule has 1 rings (SSSR count). The third kappa shape index (κ3) is 1.79. The van der Waals surface area contributed by atoms with Gasteiger partial charge in [-0.3, -0.25) is 0 Å². The Kier molecular flexibility index (Phi) is 2.84. The molecule has 2 nitrogen and oxygen atoms in total. The molecule has 1 aromatic rings. The van der Waals surface area contributed by atoms with Gasteiger partial charge >= 0.3 is 5.97 Å². The molecule has 0 heterocycles. The SMILES string of the molecule is Cc1cc(Cl)c(C(=O)O)c(C)c1Cl. The van der Waals surface area contributed by atoms with Crippen LogP contribution in [0.1, 0.15) is 21.5 Å². The van der Waals surface area contributed by atoms with Crippen LogP contribution in [0.3, 0.4) is 0 Å². The van der Waals surface area contributed by atoms with Crippen molar-refractivity contribution in [1.82, 2.24) is 0 Å². The number of rotatable bonds is 1. The van der Waals surface area contributed by atoms with Crippen LogP contribution in [0, 0.1) is 13.8 Å². The van der Waals surface area contributed by atoms with Gasteiger partial charge in [-0.05, 0) is 31.0 Å². The monoisotopic (exact) mass is 218 g/mol.